The minimum atomic E-state index is -0.0609. The highest BCUT2D eigenvalue weighted by Gasteiger charge is 2.25. The number of hydrogen-bond donors (Lipinski definition) is 1. The summed E-state index contributed by atoms with van der Waals surface area (Å²) in [7, 11) is 0. The number of benzene rings is 1. The molecule has 1 saturated carbocycles. The summed E-state index contributed by atoms with van der Waals surface area (Å²) in [4.78, 5) is 17.4. The zero-order valence-corrected chi connectivity index (χ0v) is 14.4. The topological polar surface area (TPSA) is 50.7 Å². The summed E-state index contributed by atoms with van der Waals surface area (Å²) in [5, 5.41) is 3.61. The predicted molar refractivity (Wildman–Crippen MR) is 95.6 cm³/mol. The lowest BCUT2D eigenvalue weighted by atomic mass is 10.2. The van der Waals surface area contributed by atoms with Gasteiger partial charge in [0, 0.05) is 0 Å². The molecule has 2 aliphatic rings. The van der Waals surface area contributed by atoms with Gasteiger partial charge in [-0.05, 0) is 62.2 Å². The van der Waals surface area contributed by atoms with Gasteiger partial charge in [-0.15, -0.1) is 0 Å². The molecule has 1 aliphatic heterocycles. The van der Waals surface area contributed by atoms with Crippen LogP contribution < -0.4 is 10.1 Å². The fourth-order valence-electron chi connectivity index (χ4n) is 2.75. The normalized spacial score (nSPS) is 22.3. The van der Waals surface area contributed by atoms with Crippen LogP contribution in [0, 0.1) is 0 Å². The van der Waals surface area contributed by atoms with Gasteiger partial charge in [0.2, 0.25) is 0 Å². The Morgan fingerprint density at radius 1 is 1.26 bits per heavy atom. The molecule has 0 bridgehead atoms. The summed E-state index contributed by atoms with van der Waals surface area (Å²) >= 11 is 1.43. The highest BCUT2D eigenvalue weighted by Crippen LogP contribution is 2.29. The van der Waals surface area contributed by atoms with Crippen LogP contribution in [0.5, 0.6) is 5.75 Å². The van der Waals surface area contributed by atoms with Crippen LogP contribution in [-0.2, 0) is 4.79 Å². The molecule has 1 saturated heterocycles. The van der Waals surface area contributed by atoms with E-state index in [1.807, 2.05) is 44.2 Å². The van der Waals surface area contributed by atoms with E-state index in [1.165, 1.54) is 24.6 Å². The van der Waals surface area contributed by atoms with Crippen molar-refractivity contribution in [1.82, 2.24) is 5.32 Å². The summed E-state index contributed by atoms with van der Waals surface area (Å²) in [5.41, 5.74) is 0.987. The molecule has 1 N–H and O–H groups in total. The zero-order valence-electron chi connectivity index (χ0n) is 13.5. The Balaban J connectivity index is 1.68. The summed E-state index contributed by atoms with van der Waals surface area (Å²) in [5.74, 6) is 0.781. The molecule has 0 atom stereocenters. The van der Waals surface area contributed by atoms with Crippen molar-refractivity contribution < 1.29 is 9.53 Å². The van der Waals surface area contributed by atoms with Gasteiger partial charge in [-0.3, -0.25) is 9.79 Å². The largest absolute Gasteiger partial charge is 0.491 e. The molecule has 0 radical (unpaired) electrons. The maximum Gasteiger partial charge on any atom is 0.264 e. The van der Waals surface area contributed by atoms with Gasteiger partial charge < -0.3 is 10.1 Å². The molecule has 23 heavy (non-hydrogen) atoms. The highest BCUT2D eigenvalue weighted by molar-refractivity contribution is 8.18. The maximum absolute atomic E-state index is 12.1. The number of nitrogens with one attached hydrogen (secondary N) is 1. The molecule has 5 heteroatoms. The third kappa shape index (κ3) is 4.38. The van der Waals surface area contributed by atoms with Gasteiger partial charge in [-0.1, -0.05) is 25.0 Å². The molecule has 0 spiro atoms. The standard InChI is InChI=1S/C18H22N2O2S/c1-12(2)22-15-9-7-13(8-10-15)11-16-17(21)20-18(23-16)19-14-5-3-4-6-14/h7-12,14H,3-6H2,1-2H3,(H,19,20,21)/b16-11-. The number of amides is 1. The Hall–Kier alpha value is -1.75. The van der Waals surface area contributed by atoms with Crippen LogP contribution in [0.25, 0.3) is 6.08 Å². The van der Waals surface area contributed by atoms with Crippen molar-refractivity contribution in [2.24, 2.45) is 4.99 Å². The molecule has 4 nitrogen and oxygen atoms in total. The van der Waals surface area contributed by atoms with E-state index in [9.17, 15) is 4.79 Å². The molecule has 1 aromatic rings. The number of hydrogen-bond acceptors (Lipinski definition) is 4. The number of carbonyl (C=O) groups is 1. The minimum Gasteiger partial charge on any atom is -0.491 e. The maximum atomic E-state index is 12.1. The molecule has 1 heterocycles. The van der Waals surface area contributed by atoms with Crippen molar-refractivity contribution in [3.8, 4) is 5.75 Å². The van der Waals surface area contributed by atoms with Gasteiger partial charge in [-0.2, -0.15) is 0 Å². The lowest BCUT2D eigenvalue weighted by Gasteiger charge is -2.09. The fourth-order valence-corrected chi connectivity index (χ4v) is 3.65. The van der Waals surface area contributed by atoms with Crippen LogP contribution in [0.1, 0.15) is 45.1 Å². The van der Waals surface area contributed by atoms with E-state index >= 15 is 0 Å². The zero-order chi connectivity index (χ0) is 16.2. The van der Waals surface area contributed by atoms with Crippen molar-refractivity contribution in [1.29, 1.82) is 0 Å². The van der Waals surface area contributed by atoms with Crippen molar-refractivity contribution in [2.45, 2.75) is 51.7 Å². The molecule has 1 aliphatic carbocycles. The van der Waals surface area contributed by atoms with Crippen molar-refractivity contribution in [3.63, 3.8) is 0 Å². The number of amidine groups is 1. The lowest BCUT2D eigenvalue weighted by Crippen LogP contribution is -2.21. The monoisotopic (exact) mass is 330 g/mol. The summed E-state index contributed by atoms with van der Waals surface area (Å²) < 4.78 is 5.63. The molecule has 0 unspecified atom stereocenters. The Labute approximate surface area is 141 Å². The number of thioether (sulfide) groups is 1. The van der Waals surface area contributed by atoms with Gasteiger partial charge in [0.05, 0.1) is 17.1 Å². The van der Waals surface area contributed by atoms with Gasteiger partial charge in [0.25, 0.3) is 5.91 Å². The van der Waals surface area contributed by atoms with Crippen molar-refractivity contribution >= 4 is 28.9 Å². The first-order valence-electron chi connectivity index (χ1n) is 8.15. The van der Waals surface area contributed by atoms with E-state index in [2.05, 4.69) is 10.3 Å². The smallest absolute Gasteiger partial charge is 0.264 e. The molecule has 122 valence electrons. The fraction of sp³-hybridized carbons (Fsp3) is 0.444. The lowest BCUT2D eigenvalue weighted by molar-refractivity contribution is -0.115. The van der Waals surface area contributed by atoms with E-state index in [0.29, 0.717) is 10.9 Å². The number of carbonyl (C=O) groups excluding carboxylic acids is 1. The second-order valence-electron chi connectivity index (χ2n) is 6.17. The third-order valence-electron chi connectivity index (χ3n) is 3.83. The number of rotatable bonds is 4. The second kappa shape index (κ2) is 7.21. The van der Waals surface area contributed by atoms with Gasteiger partial charge >= 0.3 is 0 Å². The van der Waals surface area contributed by atoms with E-state index in [-0.39, 0.29) is 12.0 Å². The van der Waals surface area contributed by atoms with E-state index < -0.39 is 0 Å². The Morgan fingerprint density at radius 2 is 1.96 bits per heavy atom. The molecule has 3 rings (SSSR count). The molecule has 2 fully saturated rings. The van der Waals surface area contributed by atoms with E-state index in [0.717, 1.165) is 29.3 Å². The number of ether oxygens (including phenoxy) is 1. The van der Waals surface area contributed by atoms with Crippen molar-refractivity contribution in [3.05, 3.63) is 34.7 Å². The first kappa shape index (κ1) is 16.1. The molecule has 1 aromatic carbocycles. The average Bonchev–Trinajstić information content (AvgIpc) is 3.12. The van der Waals surface area contributed by atoms with E-state index in [4.69, 9.17) is 4.74 Å². The van der Waals surface area contributed by atoms with E-state index in [1.54, 1.807) is 0 Å². The molecular formula is C18H22N2O2S. The van der Waals surface area contributed by atoms with Crippen molar-refractivity contribution in [2.75, 3.05) is 0 Å². The SMILES string of the molecule is CC(C)Oc1ccc(/C=C2\SC(=NC3CCCC3)NC2=O)cc1. The summed E-state index contributed by atoms with van der Waals surface area (Å²) in [6, 6.07) is 8.16. The first-order chi connectivity index (χ1) is 11.1. The number of nitrogens with zero attached hydrogens (tertiary/aromatic N) is 1. The van der Waals surface area contributed by atoms with Crippen LogP contribution >= 0.6 is 11.8 Å². The van der Waals surface area contributed by atoms with Gasteiger partial charge in [0.1, 0.15) is 5.75 Å². The Morgan fingerprint density at radius 3 is 2.61 bits per heavy atom. The Kier molecular flexibility index (Phi) is 5.06. The van der Waals surface area contributed by atoms with Crippen LogP contribution in [0.15, 0.2) is 34.2 Å². The average molecular weight is 330 g/mol. The summed E-state index contributed by atoms with van der Waals surface area (Å²) in [6.07, 6.45) is 6.81. The number of aliphatic imine (C=N–C) groups is 1. The van der Waals surface area contributed by atoms with Gasteiger partial charge in [-0.25, -0.2) is 0 Å². The molecular weight excluding hydrogens is 308 g/mol. The first-order valence-corrected chi connectivity index (χ1v) is 8.97. The minimum absolute atomic E-state index is 0.0609. The van der Waals surface area contributed by atoms with Crippen LogP contribution in [0.2, 0.25) is 0 Å². The Bertz CT molecular complexity index is 629. The van der Waals surface area contributed by atoms with Crippen LogP contribution in [0.3, 0.4) is 0 Å². The highest BCUT2D eigenvalue weighted by atomic mass is 32.2. The van der Waals surface area contributed by atoms with Crippen LogP contribution in [0.4, 0.5) is 0 Å². The second-order valence-corrected chi connectivity index (χ2v) is 7.20. The molecule has 1 amide bonds. The van der Waals surface area contributed by atoms with Crippen LogP contribution in [-0.4, -0.2) is 23.2 Å². The molecule has 0 aromatic heterocycles. The summed E-state index contributed by atoms with van der Waals surface area (Å²) in [6.45, 7) is 4.00. The quantitative estimate of drug-likeness (QED) is 0.850. The van der Waals surface area contributed by atoms with Gasteiger partial charge in [0.15, 0.2) is 5.17 Å². The predicted octanol–water partition coefficient (Wildman–Crippen LogP) is 3.98. The third-order valence-corrected chi connectivity index (χ3v) is 4.75.